The molecule has 0 aliphatic carbocycles. The lowest BCUT2D eigenvalue weighted by Gasteiger charge is -2.03. The van der Waals surface area contributed by atoms with Crippen molar-refractivity contribution in [3.63, 3.8) is 0 Å². The Balaban J connectivity index is 1.44. The van der Waals surface area contributed by atoms with Crippen LogP contribution in [0.2, 0.25) is 5.02 Å². The van der Waals surface area contributed by atoms with Gasteiger partial charge in [0.1, 0.15) is 0 Å². The van der Waals surface area contributed by atoms with Crippen LogP contribution in [0.25, 0.3) is 22.3 Å². The molecule has 0 radical (unpaired) electrons. The van der Waals surface area contributed by atoms with E-state index in [9.17, 15) is 4.79 Å². The molecule has 0 atom stereocenters. The Kier molecular flexibility index (Phi) is 4.56. The summed E-state index contributed by atoms with van der Waals surface area (Å²) in [7, 11) is 0. The molecular weight excluding hydrogens is 366 g/mol. The number of halogens is 1. The van der Waals surface area contributed by atoms with E-state index in [1.54, 1.807) is 23.5 Å². The summed E-state index contributed by atoms with van der Waals surface area (Å²) in [5.41, 5.74) is 3.45. The maximum absolute atomic E-state index is 12.1. The highest BCUT2D eigenvalue weighted by Crippen LogP contribution is 2.23. The highest BCUT2D eigenvalue weighted by Gasteiger charge is 2.06. The van der Waals surface area contributed by atoms with Crippen LogP contribution in [0.1, 0.15) is 5.56 Å². The number of amides is 1. The number of nitrogens with zero attached hydrogens (tertiary/aromatic N) is 2. The molecular formula is C20H14ClN3OS. The van der Waals surface area contributed by atoms with Crippen LogP contribution in [-0.2, 0) is 4.79 Å². The average molecular weight is 380 g/mol. The summed E-state index contributed by atoms with van der Waals surface area (Å²) in [5.74, 6) is -0.208. The first-order valence-electron chi connectivity index (χ1n) is 7.95. The maximum atomic E-state index is 12.1. The lowest BCUT2D eigenvalue weighted by Crippen LogP contribution is -2.07. The van der Waals surface area contributed by atoms with Crippen molar-refractivity contribution < 1.29 is 4.79 Å². The van der Waals surface area contributed by atoms with Gasteiger partial charge in [0.25, 0.3) is 0 Å². The van der Waals surface area contributed by atoms with Crippen molar-refractivity contribution in [3.05, 3.63) is 83.0 Å². The average Bonchev–Trinajstić information content (AvgIpc) is 3.24. The summed E-state index contributed by atoms with van der Waals surface area (Å²) in [4.78, 5) is 17.6. The third-order valence-corrected chi connectivity index (χ3v) is 4.98. The third kappa shape index (κ3) is 3.54. The first-order valence-corrected chi connectivity index (χ1v) is 9.21. The number of nitrogens with one attached hydrogen (secondary N) is 1. The number of imidazole rings is 1. The lowest BCUT2D eigenvalue weighted by molar-refractivity contribution is -0.111. The quantitative estimate of drug-likeness (QED) is 0.484. The lowest BCUT2D eigenvalue weighted by atomic mass is 10.1. The number of hydrogen-bond donors (Lipinski definition) is 1. The molecule has 26 heavy (non-hydrogen) atoms. The second-order valence-electron chi connectivity index (χ2n) is 5.64. The zero-order valence-electron chi connectivity index (χ0n) is 13.6. The SMILES string of the molecule is O=C(/C=C/c1ccccc1Cl)Nc1ccc(-c2cn3ccsc3n2)cc1. The Morgan fingerprint density at radius 3 is 2.73 bits per heavy atom. The number of rotatable bonds is 4. The van der Waals surface area contributed by atoms with Gasteiger partial charge >= 0.3 is 0 Å². The smallest absolute Gasteiger partial charge is 0.248 e. The van der Waals surface area contributed by atoms with Crippen molar-refractivity contribution in [2.75, 3.05) is 5.32 Å². The molecule has 0 bridgehead atoms. The Morgan fingerprint density at radius 1 is 1.15 bits per heavy atom. The van der Waals surface area contributed by atoms with Crippen LogP contribution in [0.15, 0.2) is 72.4 Å². The summed E-state index contributed by atoms with van der Waals surface area (Å²) >= 11 is 7.67. The Bertz CT molecular complexity index is 1070. The molecule has 0 spiro atoms. The van der Waals surface area contributed by atoms with Gasteiger partial charge in [-0.2, -0.15) is 0 Å². The number of carbonyl (C=O) groups excluding carboxylic acids is 1. The van der Waals surface area contributed by atoms with Gasteiger partial charge in [0.15, 0.2) is 4.96 Å². The molecule has 0 saturated carbocycles. The molecule has 2 aromatic heterocycles. The molecule has 128 valence electrons. The van der Waals surface area contributed by atoms with E-state index < -0.39 is 0 Å². The van der Waals surface area contributed by atoms with Crippen LogP contribution in [0, 0.1) is 0 Å². The summed E-state index contributed by atoms with van der Waals surface area (Å²) in [6, 6.07) is 15.0. The summed E-state index contributed by atoms with van der Waals surface area (Å²) < 4.78 is 2.00. The maximum Gasteiger partial charge on any atom is 0.248 e. The number of carbonyl (C=O) groups is 1. The van der Waals surface area contributed by atoms with E-state index in [-0.39, 0.29) is 5.91 Å². The monoisotopic (exact) mass is 379 g/mol. The van der Waals surface area contributed by atoms with E-state index in [0.29, 0.717) is 5.02 Å². The fourth-order valence-electron chi connectivity index (χ4n) is 2.55. The Hall–Kier alpha value is -2.89. The predicted octanol–water partition coefficient (Wildman–Crippen LogP) is 5.37. The minimum absolute atomic E-state index is 0.208. The van der Waals surface area contributed by atoms with Crippen molar-refractivity contribution in [1.29, 1.82) is 0 Å². The highest BCUT2D eigenvalue weighted by molar-refractivity contribution is 7.15. The molecule has 0 aliphatic heterocycles. The zero-order chi connectivity index (χ0) is 17.9. The fourth-order valence-corrected chi connectivity index (χ4v) is 3.45. The molecule has 2 heterocycles. The van der Waals surface area contributed by atoms with Crippen molar-refractivity contribution in [2.45, 2.75) is 0 Å². The van der Waals surface area contributed by atoms with Crippen LogP contribution in [0.3, 0.4) is 0 Å². The summed E-state index contributed by atoms with van der Waals surface area (Å²) in [5, 5.41) is 5.45. The molecule has 0 fully saturated rings. The third-order valence-electron chi connectivity index (χ3n) is 3.86. The van der Waals surface area contributed by atoms with Crippen LogP contribution in [0.5, 0.6) is 0 Å². The zero-order valence-corrected chi connectivity index (χ0v) is 15.2. The van der Waals surface area contributed by atoms with E-state index in [1.807, 2.05) is 64.6 Å². The van der Waals surface area contributed by atoms with Gasteiger partial charge in [-0.15, -0.1) is 11.3 Å². The van der Waals surface area contributed by atoms with E-state index >= 15 is 0 Å². The second-order valence-corrected chi connectivity index (χ2v) is 6.92. The van der Waals surface area contributed by atoms with Crippen LogP contribution >= 0.6 is 22.9 Å². The molecule has 0 saturated heterocycles. The summed E-state index contributed by atoms with van der Waals surface area (Å²) in [6.07, 6.45) is 7.14. The molecule has 1 N–H and O–H groups in total. The standard InChI is InChI=1S/C20H14ClN3OS/c21-17-4-2-1-3-14(17)7-10-19(25)22-16-8-5-15(6-9-16)18-13-24-11-12-26-20(24)23-18/h1-13H,(H,22,25)/b10-7+. The van der Waals surface area contributed by atoms with Gasteiger partial charge in [-0.1, -0.05) is 41.9 Å². The van der Waals surface area contributed by atoms with Gasteiger partial charge in [0.05, 0.1) is 5.69 Å². The molecule has 4 nitrogen and oxygen atoms in total. The van der Waals surface area contributed by atoms with Gasteiger partial charge in [0, 0.05) is 40.1 Å². The topological polar surface area (TPSA) is 46.4 Å². The molecule has 0 aliphatic rings. The second kappa shape index (κ2) is 7.15. The van der Waals surface area contributed by atoms with E-state index in [0.717, 1.165) is 27.5 Å². The van der Waals surface area contributed by atoms with E-state index in [4.69, 9.17) is 11.6 Å². The minimum atomic E-state index is -0.208. The van der Waals surface area contributed by atoms with Gasteiger partial charge in [-0.3, -0.25) is 9.20 Å². The first kappa shape index (κ1) is 16.6. The summed E-state index contributed by atoms with van der Waals surface area (Å²) in [6.45, 7) is 0. The van der Waals surface area contributed by atoms with Crippen LogP contribution in [0.4, 0.5) is 5.69 Å². The Morgan fingerprint density at radius 2 is 1.96 bits per heavy atom. The highest BCUT2D eigenvalue weighted by atomic mass is 35.5. The van der Waals surface area contributed by atoms with E-state index in [2.05, 4.69) is 10.3 Å². The minimum Gasteiger partial charge on any atom is -0.323 e. The molecule has 4 rings (SSSR count). The van der Waals surface area contributed by atoms with Crippen molar-refractivity contribution in [1.82, 2.24) is 9.38 Å². The van der Waals surface area contributed by atoms with Crippen LogP contribution in [-0.4, -0.2) is 15.3 Å². The first-order chi connectivity index (χ1) is 12.7. The molecule has 2 aromatic carbocycles. The van der Waals surface area contributed by atoms with Gasteiger partial charge < -0.3 is 5.32 Å². The molecule has 1 amide bonds. The fraction of sp³-hybridized carbons (Fsp3) is 0. The van der Waals surface area contributed by atoms with Gasteiger partial charge in [-0.05, 0) is 29.8 Å². The number of benzene rings is 2. The van der Waals surface area contributed by atoms with Crippen LogP contribution < -0.4 is 5.32 Å². The number of thiazole rings is 1. The number of aromatic nitrogens is 2. The Labute approximate surface area is 159 Å². The molecule has 4 aromatic rings. The predicted molar refractivity (Wildman–Crippen MR) is 108 cm³/mol. The van der Waals surface area contributed by atoms with Crippen molar-refractivity contribution in [3.8, 4) is 11.3 Å². The van der Waals surface area contributed by atoms with E-state index in [1.165, 1.54) is 6.08 Å². The molecule has 0 unspecified atom stereocenters. The number of anilines is 1. The van der Waals surface area contributed by atoms with Crippen molar-refractivity contribution >= 4 is 45.6 Å². The number of hydrogen-bond acceptors (Lipinski definition) is 3. The van der Waals surface area contributed by atoms with Gasteiger partial charge in [0.2, 0.25) is 5.91 Å². The normalized spacial score (nSPS) is 11.3. The van der Waals surface area contributed by atoms with Crippen molar-refractivity contribution in [2.24, 2.45) is 0 Å². The molecule has 6 heteroatoms. The number of fused-ring (bicyclic) bond motifs is 1. The largest absolute Gasteiger partial charge is 0.323 e. The van der Waals surface area contributed by atoms with Gasteiger partial charge in [-0.25, -0.2) is 4.98 Å².